The Hall–Kier alpha value is -1.36. The van der Waals surface area contributed by atoms with E-state index in [9.17, 15) is 9.59 Å². The second kappa shape index (κ2) is 4.87. The zero-order valence-corrected chi connectivity index (χ0v) is 10.7. The number of aryl methyl sites for hydroxylation is 1. The monoisotopic (exact) mass is 252 g/mol. The minimum absolute atomic E-state index is 0.0526. The molecular formula is C12H16N2O2S. The van der Waals surface area contributed by atoms with Gasteiger partial charge in [0.1, 0.15) is 0 Å². The molecule has 0 aromatic carbocycles. The zero-order valence-electron chi connectivity index (χ0n) is 9.86. The van der Waals surface area contributed by atoms with Gasteiger partial charge in [-0.1, -0.05) is 0 Å². The van der Waals surface area contributed by atoms with Crippen molar-refractivity contribution in [2.45, 2.75) is 26.2 Å². The summed E-state index contributed by atoms with van der Waals surface area (Å²) in [5, 5.41) is 1.92. The molecule has 1 aromatic rings. The van der Waals surface area contributed by atoms with Gasteiger partial charge in [-0.15, -0.1) is 11.3 Å². The molecule has 1 aliphatic rings. The molecule has 1 saturated heterocycles. The molecule has 1 aromatic heterocycles. The molecular weight excluding hydrogens is 236 g/mol. The molecule has 2 heterocycles. The van der Waals surface area contributed by atoms with E-state index in [4.69, 9.17) is 5.73 Å². The second-order valence-corrected chi connectivity index (χ2v) is 5.25. The van der Waals surface area contributed by atoms with Crippen LogP contribution in [0.3, 0.4) is 0 Å². The van der Waals surface area contributed by atoms with Gasteiger partial charge in [0, 0.05) is 13.1 Å². The molecule has 0 atom stereocenters. The molecule has 2 rings (SSSR count). The maximum atomic E-state index is 12.2. The Kier molecular flexibility index (Phi) is 3.47. The van der Waals surface area contributed by atoms with E-state index >= 15 is 0 Å². The summed E-state index contributed by atoms with van der Waals surface area (Å²) in [6, 6.07) is 0. The molecule has 0 bridgehead atoms. The van der Waals surface area contributed by atoms with Crippen molar-refractivity contribution in [2.75, 3.05) is 13.1 Å². The van der Waals surface area contributed by atoms with Gasteiger partial charge in [-0.25, -0.2) is 0 Å². The van der Waals surface area contributed by atoms with Crippen LogP contribution in [0.15, 0.2) is 5.38 Å². The molecule has 0 unspecified atom stereocenters. The Morgan fingerprint density at radius 3 is 2.65 bits per heavy atom. The second-order valence-electron chi connectivity index (χ2n) is 4.37. The number of thiophene rings is 1. The fourth-order valence-electron chi connectivity index (χ4n) is 2.11. The predicted molar refractivity (Wildman–Crippen MR) is 67.1 cm³/mol. The van der Waals surface area contributed by atoms with Gasteiger partial charge in [-0.05, 0) is 36.3 Å². The van der Waals surface area contributed by atoms with Crippen molar-refractivity contribution in [1.82, 2.24) is 4.90 Å². The number of primary amides is 1. The van der Waals surface area contributed by atoms with Crippen LogP contribution in [0.5, 0.6) is 0 Å². The van der Waals surface area contributed by atoms with Crippen LogP contribution in [0, 0.1) is 6.92 Å². The van der Waals surface area contributed by atoms with Crippen LogP contribution in [0.2, 0.25) is 0 Å². The number of rotatable bonds is 3. The van der Waals surface area contributed by atoms with Crippen molar-refractivity contribution >= 4 is 23.2 Å². The number of carbonyl (C=O) groups excluding carboxylic acids is 2. The Morgan fingerprint density at radius 2 is 2.06 bits per heavy atom. The van der Waals surface area contributed by atoms with Crippen molar-refractivity contribution in [2.24, 2.45) is 5.73 Å². The third kappa shape index (κ3) is 2.49. The minimum Gasteiger partial charge on any atom is -0.369 e. The first-order valence-corrected chi connectivity index (χ1v) is 6.62. The highest BCUT2D eigenvalue weighted by Crippen LogP contribution is 2.25. The normalized spacial score (nSPS) is 15.2. The van der Waals surface area contributed by atoms with E-state index in [1.807, 2.05) is 17.2 Å². The SMILES string of the molecule is Cc1csc(C(=O)N2CCCC2)c1CC(N)=O. The van der Waals surface area contributed by atoms with Crippen molar-refractivity contribution in [3.05, 3.63) is 21.4 Å². The predicted octanol–water partition coefficient (Wildman–Crippen LogP) is 1.32. The molecule has 0 radical (unpaired) electrons. The third-order valence-electron chi connectivity index (χ3n) is 3.04. The van der Waals surface area contributed by atoms with Crippen LogP contribution >= 0.6 is 11.3 Å². The molecule has 1 aliphatic heterocycles. The standard InChI is InChI=1S/C12H16N2O2S/c1-8-7-17-11(9(8)6-10(13)15)12(16)14-4-2-3-5-14/h7H,2-6H2,1H3,(H2,13,15). The number of hydrogen-bond acceptors (Lipinski definition) is 3. The molecule has 1 fully saturated rings. The van der Waals surface area contributed by atoms with Crippen molar-refractivity contribution in [1.29, 1.82) is 0 Å². The van der Waals surface area contributed by atoms with Gasteiger partial charge < -0.3 is 10.6 Å². The molecule has 2 N–H and O–H groups in total. The molecule has 0 aliphatic carbocycles. The van der Waals surface area contributed by atoms with Crippen LogP contribution < -0.4 is 5.73 Å². The Bertz CT molecular complexity index is 447. The van der Waals surface area contributed by atoms with Gasteiger partial charge in [-0.3, -0.25) is 9.59 Å². The maximum absolute atomic E-state index is 12.2. The topological polar surface area (TPSA) is 63.4 Å². The largest absolute Gasteiger partial charge is 0.369 e. The summed E-state index contributed by atoms with van der Waals surface area (Å²) in [6.45, 7) is 3.56. The Morgan fingerprint density at radius 1 is 1.41 bits per heavy atom. The fraction of sp³-hybridized carbons (Fsp3) is 0.500. The summed E-state index contributed by atoms with van der Waals surface area (Å²) in [7, 11) is 0. The lowest BCUT2D eigenvalue weighted by Crippen LogP contribution is -2.28. The first kappa shape index (κ1) is 12.1. The van der Waals surface area contributed by atoms with E-state index in [2.05, 4.69) is 0 Å². The van der Waals surface area contributed by atoms with Gasteiger partial charge in [0.2, 0.25) is 5.91 Å². The number of nitrogens with two attached hydrogens (primary N) is 1. The number of hydrogen-bond donors (Lipinski definition) is 1. The highest BCUT2D eigenvalue weighted by atomic mass is 32.1. The van der Waals surface area contributed by atoms with Crippen LogP contribution in [0.1, 0.15) is 33.6 Å². The van der Waals surface area contributed by atoms with Crippen LogP contribution in [-0.4, -0.2) is 29.8 Å². The molecule has 0 spiro atoms. The molecule has 2 amide bonds. The quantitative estimate of drug-likeness (QED) is 0.881. The van der Waals surface area contributed by atoms with Crippen molar-refractivity contribution < 1.29 is 9.59 Å². The first-order chi connectivity index (χ1) is 8.09. The van der Waals surface area contributed by atoms with Crippen LogP contribution in [-0.2, 0) is 11.2 Å². The average Bonchev–Trinajstić information content (AvgIpc) is 2.88. The summed E-state index contributed by atoms with van der Waals surface area (Å²) in [5.41, 5.74) is 7.00. The third-order valence-corrected chi connectivity index (χ3v) is 4.17. The van der Waals surface area contributed by atoms with Gasteiger partial charge >= 0.3 is 0 Å². The number of likely N-dealkylation sites (tertiary alicyclic amines) is 1. The van der Waals surface area contributed by atoms with Gasteiger partial charge in [0.05, 0.1) is 11.3 Å². The average molecular weight is 252 g/mol. The summed E-state index contributed by atoms with van der Waals surface area (Å²) in [5.74, 6) is -0.334. The Labute approximate surface area is 104 Å². The van der Waals surface area contributed by atoms with Gasteiger partial charge in [0.25, 0.3) is 5.91 Å². The van der Waals surface area contributed by atoms with Gasteiger partial charge in [-0.2, -0.15) is 0 Å². The lowest BCUT2D eigenvalue weighted by atomic mass is 10.1. The van der Waals surface area contributed by atoms with E-state index in [0.29, 0.717) is 4.88 Å². The summed E-state index contributed by atoms with van der Waals surface area (Å²) in [6.07, 6.45) is 2.30. The number of carbonyl (C=O) groups is 2. The molecule has 5 heteroatoms. The van der Waals surface area contributed by atoms with Crippen LogP contribution in [0.25, 0.3) is 0 Å². The highest BCUT2D eigenvalue weighted by Gasteiger charge is 2.24. The van der Waals surface area contributed by atoms with E-state index in [1.54, 1.807) is 0 Å². The number of nitrogens with zero attached hydrogens (tertiary/aromatic N) is 1. The van der Waals surface area contributed by atoms with E-state index < -0.39 is 0 Å². The molecule has 92 valence electrons. The first-order valence-electron chi connectivity index (χ1n) is 5.74. The number of amides is 2. The fourth-order valence-corrected chi connectivity index (χ4v) is 3.15. The van der Waals surface area contributed by atoms with Gasteiger partial charge in [0.15, 0.2) is 0 Å². The highest BCUT2D eigenvalue weighted by molar-refractivity contribution is 7.12. The van der Waals surface area contributed by atoms with Crippen LogP contribution in [0.4, 0.5) is 0 Å². The molecule has 0 saturated carbocycles. The lowest BCUT2D eigenvalue weighted by molar-refractivity contribution is -0.117. The molecule has 17 heavy (non-hydrogen) atoms. The summed E-state index contributed by atoms with van der Waals surface area (Å²) in [4.78, 5) is 25.8. The maximum Gasteiger partial charge on any atom is 0.264 e. The zero-order chi connectivity index (χ0) is 12.4. The Balaban J connectivity index is 2.25. The van der Waals surface area contributed by atoms with E-state index in [0.717, 1.165) is 37.1 Å². The lowest BCUT2D eigenvalue weighted by Gasteiger charge is -2.15. The summed E-state index contributed by atoms with van der Waals surface area (Å²) >= 11 is 1.41. The van der Waals surface area contributed by atoms with E-state index in [1.165, 1.54) is 11.3 Å². The summed E-state index contributed by atoms with van der Waals surface area (Å²) < 4.78 is 0. The minimum atomic E-state index is -0.387. The van der Waals surface area contributed by atoms with Crippen molar-refractivity contribution in [3.8, 4) is 0 Å². The molecule has 4 nitrogen and oxygen atoms in total. The van der Waals surface area contributed by atoms with E-state index in [-0.39, 0.29) is 18.2 Å². The van der Waals surface area contributed by atoms with Crippen molar-refractivity contribution in [3.63, 3.8) is 0 Å². The smallest absolute Gasteiger partial charge is 0.264 e.